The first kappa shape index (κ1) is 10.8. The van der Waals surface area contributed by atoms with Crippen LogP contribution in [0, 0.1) is 0 Å². The van der Waals surface area contributed by atoms with Gasteiger partial charge in [0.1, 0.15) is 5.82 Å². The summed E-state index contributed by atoms with van der Waals surface area (Å²) in [4.78, 5) is 8.05. The van der Waals surface area contributed by atoms with E-state index < -0.39 is 0 Å². The average Bonchev–Trinajstić information content (AvgIpc) is 2.96. The molecule has 2 heterocycles. The zero-order chi connectivity index (χ0) is 11.7. The minimum absolute atomic E-state index is 0.429. The Morgan fingerprint density at radius 2 is 2.35 bits per heavy atom. The highest BCUT2D eigenvalue weighted by atomic mass is 16.5. The molecule has 0 spiro atoms. The summed E-state index contributed by atoms with van der Waals surface area (Å²) in [5, 5.41) is 0. The minimum Gasteiger partial charge on any atom is -0.378 e. The second kappa shape index (κ2) is 4.49. The maximum atomic E-state index is 5.68. The van der Waals surface area contributed by atoms with Crippen molar-refractivity contribution < 1.29 is 4.74 Å². The predicted octanol–water partition coefficient (Wildman–Crippen LogP) is 3.24. The number of benzene rings is 1. The van der Waals surface area contributed by atoms with E-state index in [9.17, 15) is 0 Å². The van der Waals surface area contributed by atoms with Crippen LogP contribution in [0.25, 0.3) is 11.0 Å². The molecule has 2 aromatic rings. The van der Waals surface area contributed by atoms with E-state index >= 15 is 0 Å². The van der Waals surface area contributed by atoms with Crippen molar-refractivity contribution in [3.63, 3.8) is 0 Å². The van der Waals surface area contributed by atoms with Crippen LogP contribution in [0.15, 0.2) is 24.3 Å². The highest BCUT2D eigenvalue weighted by Gasteiger charge is 2.20. The number of ether oxygens (including phenoxy) is 1. The summed E-state index contributed by atoms with van der Waals surface area (Å²) in [7, 11) is 0. The monoisotopic (exact) mass is 230 g/mol. The standard InChI is InChI=1S/C14H18N2O/c1-10(9-11-5-4-8-17-11)14-15-12-6-2-3-7-13(12)16-14/h2-3,6-7,10-11H,4-5,8-9H2,1H3,(H,15,16)/t10-,11+/m0/s1. The molecule has 1 fully saturated rings. The lowest BCUT2D eigenvalue weighted by atomic mass is 10.0. The highest BCUT2D eigenvalue weighted by molar-refractivity contribution is 5.74. The molecule has 1 aliphatic rings. The molecule has 90 valence electrons. The van der Waals surface area contributed by atoms with Crippen molar-refractivity contribution in [2.75, 3.05) is 6.61 Å². The number of imidazole rings is 1. The Morgan fingerprint density at radius 1 is 1.47 bits per heavy atom. The third-order valence-corrected chi connectivity index (χ3v) is 3.51. The zero-order valence-corrected chi connectivity index (χ0v) is 10.1. The van der Waals surface area contributed by atoms with E-state index in [0.717, 1.165) is 29.9 Å². The smallest absolute Gasteiger partial charge is 0.110 e. The average molecular weight is 230 g/mol. The summed E-state index contributed by atoms with van der Waals surface area (Å²) in [5.41, 5.74) is 2.18. The number of aromatic nitrogens is 2. The molecule has 1 aromatic heterocycles. The van der Waals surface area contributed by atoms with Crippen LogP contribution in [0.4, 0.5) is 0 Å². The summed E-state index contributed by atoms with van der Waals surface area (Å²) >= 11 is 0. The molecule has 0 amide bonds. The van der Waals surface area contributed by atoms with Crippen molar-refractivity contribution in [3.05, 3.63) is 30.1 Å². The summed E-state index contributed by atoms with van der Waals surface area (Å²) in [6, 6.07) is 8.19. The van der Waals surface area contributed by atoms with Crippen molar-refractivity contribution in [3.8, 4) is 0 Å². The van der Waals surface area contributed by atoms with Crippen LogP contribution in [0.2, 0.25) is 0 Å². The lowest BCUT2D eigenvalue weighted by Gasteiger charge is -2.13. The number of nitrogens with zero attached hydrogens (tertiary/aromatic N) is 1. The van der Waals surface area contributed by atoms with Gasteiger partial charge < -0.3 is 9.72 Å². The van der Waals surface area contributed by atoms with Gasteiger partial charge in [0.05, 0.1) is 17.1 Å². The van der Waals surface area contributed by atoms with E-state index in [0.29, 0.717) is 12.0 Å². The van der Waals surface area contributed by atoms with Crippen molar-refractivity contribution in [1.82, 2.24) is 9.97 Å². The van der Waals surface area contributed by atoms with Crippen LogP contribution >= 0.6 is 0 Å². The fraction of sp³-hybridized carbons (Fsp3) is 0.500. The van der Waals surface area contributed by atoms with Gasteiger partial charge in [0.25, 0.3) is 0 Å². The normalized spacial score (nSPS) is 22.1. The molecule has 1 N–H and O–H groups in total. The molecule has 3 rings (SSSR count). The Hall–Kier alpha value is -1.35. The molecule has 2 atom stereocenters. The van der Waals surface area contributed by atoms with Crippen LogP contribution in [0.5, 0.6) is 0 Å². The van der Waals surface area contributed by atoms with Crippen molar-refractivity contribution in [2.45, 2.75) is 38.2 Å². The molecule has 0 radical (unpaired) electrons. The number of nitrogens with one attached hydrogen (secondary N) is 1. The van der Waals surface area contributed by atoms with Gasteiger partial charge in [0.2, 0.25) is 0 Å². The topological polar surface area (TPSA) is 37.9 Å². The van der Waals surface area contributed by atoms with E-state index in [1.54, 1.807) is 0 Å². The van der Waals surface area contributed by atoms with E-state index in [-0.39, 0.29) is 0 Å². The molecule has 1 saturated heterocycles. The van der Waals surface area contributed by atoms with Gasteiger partial charge in [0, 0.05) is 12.5 Å². The summed E-state index contributed by atoms with van der Waals surface area (Å²) in [6.07, 6.45) is 3.90. The number of rotatable bonds is 3. The Labute approximate surface area is 101 Å². The largest absolute Gasteiger partial charge is 0.378 e. The quantitative estimate of drug-likeness (QED) is 0.879. The minimum atomic E-state index is 0.429. The third kappa shape index (κ3) is 2.20. The van der Waals surface area contributed by atoms with Gasteiger partial charge in [-0.3, -0.25) is 0 Å². The van der Waals surface area contributed by atoms with E-state index in [1.165, 1.54) is 12.8 Å². The van der Waals surface area contributed by atoms with Gasteiger partial charge in [-0.15, -0.1) is 0 Å². The van der Waals surface area contributed by atoms with Crippen LogP contribution in [-0.2, 0) is 4.74 Å². The number of H-pyrrole nitrogens is 1. The van der Waals surface area contributed by atoms with Gasteiger partial charge in [-0.25, -0.2) is 4.98 Å². The van der Waals surface area contributed by atoms with E-state index in [4.69, 9.17) is 4.74 Å². The maximum Gasteiger partial charge on any atom is 0.110 e. The molecule has 0 bridgehead atoms. The van der Waals surface area contributed by atoms with Crippen LogP contribution in [0.1, 0.15) is 37.9 Å². The Balaban J connectivity index is 1.77. The molecule has 3 nitrogen and oxygen atoms in total. The zero-order valence-electron chi connectivity index (χ0n) is 10.1. The van der Waals surface area contributed by atoms with Crippen LogP contribution < -0.4 is 0 Å². The number of aromatic amines is 1. The van der Waals surface area contributed by atoms with Gasteiger partial charge >= 0.3 is 0 Å². The summed E-state index contributed by atoms with van der Waals surface area (Å²) in [5.74, 6) is 1.52. The SMILES string of the molecule is C[C@@H](C[C@H]1CCCO1)c1nc2ccccc2[nH]1. The number of fused-ring (bicyclic) bond motifs is 1. The molecule has 3 heteroatoms. The Kier molecular flexibility index (Phi) is 2.85. The molecular formula is C14H18N2O. The first-order valence-electron chi connectivity index (χ1n) is 6.39. The molecule has 0 saturated carbocycles. The fourth-order valence-electron chi connectivity index (χ4n) is 2.54. The number of hydrogen-bond donors (Lipinski definition) is 1. The third-order valence-electron chi connectivity index (χ3n) is 3.51. The van der Waals surface area contributed by atoms with Gasteiger partial charge in [-0.05, 0) is 31.4 Å². The predicted molar refractivity (Wildman–Crippen MR) is 68.1 cm³/mol. The highest BCUT2D eigenvalue weighted by Crippen LogP contribution is 2.26. The first-order chi connectivity index (χ1) is 8.33. The molecule has 1 aliphatic heterocycles. The summed E-state index contributed by atoms with van der Waals surface area (Å²) < 4.78 is 5.68. The first-order valence-corrected chi connectivity index (χ1v) is 6.39. The van der Waals surface area contributed by atoms with Crippen LogP contribution in [-0.4, -0.2) is 22.7 Å². The number of hydrogen-bond acceptors (Lipinski definition) is 2. The van der Waals surface area contributed by atoms with Crippen molar-refractivity contribution >= 4 is 11.0 Å². The van der Waals surface area contributed by atoms with Gasteiger partial charge in [0.15, 0.2) is 0 Å². The number of para-hydroxylation sites is 2. The second-order valence-electron chi connectivity index (χ2n) is 4.91. The molecule has 1 aromatic carbocycles. The lowest BCUT2D eigenvalue weighted by Crippen LogP contribution is -2.10. The van der Waals surface area contributed by atoms with E-state index in [2.05, 4.69) is 23.0 Å². The van der Waals surface area contributed by atoms with Crippen molar-refractivity contribution in [1.29, 1.82) is 0 Å². The summed E-state index contributed by atoms with van der Waals surface area (Å²) in [6.45, 7) is 3.15. The van der Waals surface area contributed by atoms with E-state index in [1.807, 2.05) is 18.2 Å². The Morgan fingerprint density at radius 3 is 3.12 bits per heavy atom. The molecule has 0 aliphatic carbocycles. The van der Waals surface area contributed by atoms with Crippen LogP contribution in [0.3, 0.4) is 0 Å². The molecular weight excluding hydrogens is 212 g/mol. The second-order valence-corrected chi connectivity index (χ2v) is 4.91. The Bertz CT molecular complexity index is 467. The van der Waals surface area contributed by atoms with Gasteiger partial charge in [-0.2, -0.15) is 0 Å². The maximum absolute atomic E-state index is 5.68. The molecule has 17 heavy (non-hydrogen) atoms. The molecule has 0 unspecified atom stereocenters. The fourth-order valence-corrected chi connectivity index (χ4v) is 2.54. The lowest BCUT2D eigenvalue weighted by molar-refractivity contribution is 0.0987. The van der Waals surface area contributed by atoms with Crippen molar-refractivity contribution in [2.24, 2.45) is 0 Å². The van der Waals surface area contributed by atoms with Gasteiger partial charge in [-0.1, -0.05) is 19.1 Å².